The molecule has 1 aliphatic rings. The van der Waals surface area contributed by atoms with E-state index in [9.17, 15) is 9.59 Å². The summed E-state index contributed by atoms with van der Waals surface area (Å²) in [4.78, 5) is 23.6. The van der Waals surface area contributed by atoms with E-state index in [0.29, 0.717) is 11.6 Å². The molecule has 0 aliphatic heterocycles. The summed E-state index contributed by atoms with van der Waals surface area (Å²) in [7, 11) is 1.77. The first kappa shape index (κ1) is 13.4. The van der Waals surface area contributed by atoms with Crippen LogP contribution in [0.25, 0.3) is 0 Å². The van der Waals surface area contributed by atoms with Gasteiger partial charge in [-0.1, -0.05) is 11.6 Å². The van der Waals surface area contributed by atoms with Crippen LogP contribution in [0.15, 0.2) is 18.2 Å². The SMILES string of the molecule is CNc1ccc(C)cc1C(=O)NCC(=O)NC1CC1. The number of amides is 2. The van der Waals surface area contributed by atoms with Crippen LogP contribution < -0.4 is 16.0 Å². The molecule has 0 bridgehead atoms. The molecule has 1 fully saturated rings. The molecule has 1 aromatic rings. The Morgan fingerprint density at radius 2 is 2.05 bits per heavy atom. The molecular formula is C14H19N3O2. The number of carbonyl (C=O) groups excluding carboxylic acids is 2. The van der Waals surface area contributed by atoms with Gasteiger partial charge < -0.3 is 16.0 Å². The standard InChI is InChI=1S/C14H19N3O2/c1-9-3-6-12(15-2)11(7-9)14(19)16-8-13(18)17-10-4-5-10/h3,6-7,10,15H,4-5,8H2,1-2H3,(H,16,19)(H,17,18). The summed E-state index contributed by atoms with van der Waals surface area (Å²) < 4.78 is 0. The van der Waals surface area contributed by atoms with Crippen molar-refractivity contribution in [3.63, 3.8) is 0 Å². The lowest BCUT2D eigenvalue weighted by Gasteiger charge is -2.10. The molecule has 1 saturated carbocycles. The second kappa shape index (κ2) is 5.73. The first-order valence-electron chi connectivity index (χ1n) is 6.46. The lowest BCUT2D eigenvalue weighted by atomic mass is 10.1. The van der Waals surface area contributed by atoms with Gasteiger partial charge in [-0.05, 0) is 31.9 Å². The Hall–Kier alpha value is -2.04. The van der Waals surface area contributed by atoms with Crippen molar-refractivity contribution in [3.8, 4) is 0 Å². The third-order valence-electron chi connectivity index (χ3n) is 3.04. The second-order valence-corrected chi connectivity index (χ2v) is 4.82. The average molecular weight is 261 g/mol. The van der Waals surface area contributed by atoms with Gasteiger partial charge in [-0.2, -0.15) is 0 Å². The summed E-state index contributed by atoms with van der Waals surface area (Å²) >= 11 is 0. The molecule has 5 nitrogen and oxygen atoms in total. The van der Waals surface area contributed by atoms with Crippen LogP contribution in [-0.2, 0) is 4.79 Å². The molecule has 2 amide bonds. The predicted molar refractivity (Wildman–Crippen MR) is 74.2 cm³/mol. The molecule has 5 heteroatoms. The Morgan fingerprint density at radius 1 is 1.32 bits per heavy atom. The van der Waals surface area contributed by atoms with Gasteiger partial charge in [0.25, 0.3) is 5.91 Å². The van der Waals surface area contributed by atoms with Crippen LogP contribution in [-0.4, -0.2) is 31.4 Å². The van der Waals surface area contributed by atoms with Gasteiger partial charge in [-0.3, -0.25) is 9.59 Å². The maximum absolute atomic E-state index is 12.1. The van der Waals surface area contributed by atoms with E-state index >= 15 is 0 Å². The van der Waals surface area contributed by atoms with Gasteiger partial charge in [-0.25, -0.2) is 0 Å². The van der Waals surface area contributed by atoms with Gasteiger partial charge in [0.2, 0.25) is 5.91 Å². The van der Waals surface area contributed by atoms with E-state index in [1.165, 1.54) is 0 Å². The zero-order valence-corrected chi connectivity index (χ0v) is 11.2. The normalized spacial score (nSPS) is 13.8. The maximum atomic E-state index is 12.1. The number of hydrogen-bond acceptors (Lipinski definition) is 3. The summed E-state index contributed by atoms with van der Waals surface area (Å²) in [5.74, 6) is -0.367. The smallest absolute Gasteiger partial charge is 0.253 e. The van der Waals surface area contributed by atoms with Crippen molar-refractivity contribution in [2.24, 2.45) is 0 Å². The highest BCUT2D eigenvalue weighted by molar-refractivity contribution is 6.01. The highest BCUT2D eigenvalue weighted by atomic mass is 16.2. The quantitative estimate of drug-likeness (QED) is 0.742. The molecule has 0 unspecified atom stereocenters. The Kier molecular flexibility index (Phi) is 4.04. The first-order valence-corrected chi connectivity index (χ1v) is 6.46. The molecule has 1 aliphatic carbocycles. The van der Waals surface area contributed by atoms with Crippen molar-refractivity contribution in [1.82, 2.24) is 10.6 Å². The average Bonchev–Trinajstić information content (AvgIpc) is 3.19. The molecule has 102 valence electrons. The molecule has 0 radical (unpaired) electrons. The Balaban J connectivity index is 1.94. The molecule has 0 spiro atoms. The van der Waals surface area contributed by atoms with Crippen LogP contribution >= 0.6 is 0 Å². The maximum Gasteiger partial charge on any atom is 0.253 e. The van der Waals surface area contributed by atoms with E-state index in [2.05, 4.69) is 16.0 Å². The molecule has 0 aromatic heterocycles. The fourth-order valence-corrected chi connectivity index (χ4v) is 1.83. The minimum atomic E-state index is -0.237. The van der Waals surface area contributed by atoms with Crippen LogP contribution in [0.3, 0.4) is 0 Å². The largest absolute Gasteiger partial charge is 0.387 e. The monoisotopic (exact) mass is 261 g/mol. The van der Waals surface area contributed by atoms with Gasteiger partial charge in [0.05, 0.1) is 12.1 Å². The summed E-state index contributed by atoms with van der Waals surface area (Å²) in [6.07, 6.45) is 2.09. The summed E-state index contributed by atoms with van der Waals surface area (Å²) in [5, 5.41) is 8.45. The van der Waals surface area contributed by atoms with Crippen molar-refractivity contribution in [1.29, 1.82) is 0 Å². The van der Waals surface area contributed by atoms with E-state index in [1.54, 1.807) is 13.1 Å². The van der Waals surface area contributed by atoms with Gasteiger partial charge in [0.15, 0.2) is 0 Å². The fourth-order valence-electron chi connectivity index (χ4n) is 1.83. The van der Waals surface area contributed by atoms with E-state index < -0.39 is 0 Å². The highest BCUT2D eigenvalue weighted by Crippen LogP contribution is 2.18. The number of rotatable bonds is 5. The number of nitrogens with one attached hydrogen (secondary N) is 3. The van der Waals surface area contributed by atoms with Crippen LogP contribution in [0.1, 0.15) is 28.8 Å². The number of hydrogen-bond donors (Lipinski definition) is 3. The molecule has 1 aromatic carbocycles. The van der Waals surface area contributed by atoms with Crippen LogP contribution in [0.5, 0.6) is 0 Å². The second-order valence-electron chi connectivity index (χ2n) is 4.82. The van der Waals surface area contributed by atoms with E-state index in [4.69, 9.17) is 0 Å². The van der Waals surface area contributed by atoms with E-state index in [0.717, 1.165) is 24.1 Å². The summed E-state index contributed by atoms with van der Waals surface area (Å²) in [5.41, 5.74) is 2.32. The zero-order valence-electron chi connectivity index (χ0n) is 11.2. The van der Waals surface area contributed by atoms with Crippen molar-refractivity contribution < 1.29 is 9.59 Å². The topological polar surface area (TPSA) is 70.2 Å². The lowest BCUT2D eigenvalue weighted by Crippen LogP contribution is -2.38. The molecular weight excluding hydrogens is 242 g/mol. The van der Waals surface area contributed by atoms with Crippen molar-refractivity contribution >= 4 is 17.5 Å². The van der Waals surface area contributed by atoms with Crippen LogP contribution in [0.2, 0.25) is 0 Å². The Morgan fingerprint density at radius 3 is 2.68 bits per heavy atom. The summed E-state index contributed by atoms with van der Waals surface area (Å²) in [6, 6.07) is 5.91. The van der Waals surface area contributed by atoms with E-state index in [-0.39, 0.29) is 18.4 Å². The van der Waals surface area contributed by atoms with Gasteiger partial charge >= 0.3 is 0 Å². The number of carbonyl (C=O) groups is 2. The van der Waals surface area contributed by atoms with Crippen LogP contribution in [0.4, 0.5) is 5.69 Å². The third-order valence-corrected chi connectivity index (χ3v) is 3.04. The van der Waals surface area contributed by atoms with Gasteiger partial charge in [0.1, 0.15) is 0 Å². The Bertz CT molecular complexity index is 495. The molecule has 19 heavy (non-hydrogen) atoms. The minimum Gasteiger partial charge on any atom is -0.387 e. The van der Waals surface area contributed by atoms with Crippen LogP contribution in [0, 0.1) is 6.92 Å². The summed E-state index contributed by atoms with van der Waals surface area (Å²) in [6.45, 7) is 1.95. The first-order chi connectivity index (χ1) is 9.10. The highest BCUT2D eigenvalue weighted by Gasteiger charge is 2.23. The molecule has 0 atom stereocenters. The van der Waals surface area contributed by atoms with Crippen molar-refractivity contribution in [3.05, 3.63) is 29.3 Å². The molecule has 0 heterocycles. The Labute approximate surface area is 112 Å². The fraction of sp³-hybridized carbons (Fsp3) is 0.429. The van der Waals surface area contributed by atoms with E-state index in [1.807, 2.05) is 19.1 Å². The van der Waals surface area contributed by atoms with Gasteiger partial charge in [0, 0.05) is 18.8 Å². The third kappa shape index (κ3) is 3.71. The predicted octanol–water partition coefficient (Wildman–Crippen LogP) is 1.05. The van der Waals surface area contributed by atoms with Crippen molar-refractivity contribution in [2.45, 2.75) is 25.8 Å². The number of benzene rings is 1. The van der Waals surface area contributed by atoms with Gasteiger partial charge in [-0.15, -0.1) is 0 Å². The number of anilines is 1. The number of aryl methyl sites for hydroxylation is 1. The lowest BCUT2D eigenvalue weighted by molar-refractivity contribution is -0.120. The minimum absolute atomic E-state index is 0.0203. The molecule has 2 rings (SSSR count). The van der Waals surface area contributed by atoms with Crippen molar-refractivity contribution in [2.75, 3.05) is 18.9 Å². The zero-order chi connectivity index (χ0) is 13.8. The molecule has 0 saturated heterocycles. The molecule has 3 N–H and O–H groups in total.